The third-order valence-corrected chi connectivity index (χ3v) is 5.15. The summed E-state index contributed by atoms with van der Waals surface area (Å²) in [6, 6.07) is 21.4. The summed E-state index contributed by atoms with van der Waals surface area (Å²) in [4.78, 5) is 0. The highest BCUT2D eigenvalue weighted by atomic mass is 32.1. The highest BCUT2D eigenvalue weighted by molar-refractivity contribution is 7.71. The number of aromatic hydroxyl groups is 1. The molecule has 0 fully saturated rings. The Morgan fingerprint density at radius 1 is 1.10 bits per heavy atom. The molecule has 150 valence electrons. The van der Waals surface area contributed by atoms with Gasteiger partial charge in [0.05, 0.1) is 6.21 Å². The van der Waals surface area contributed by atoms with Crippen LogP contribution in [0, 0.1) is 10.6 Å². The molecular formula is C23H19FN4OS. The fraction of sp³-hybridized carbons (Fsp3) is 0.0870. The van der Waals surface area contributed by atoms with Crippen molar-refractivity contribution in [3.8, 4) is 16.9 Å². The summed E-state index contributed by atoms with van der Waals surface area (Å²) < 4.78 is 16.6. The van der Waals surface area contributed by atoms with Crippen LogP contribution in [0.25, 0.3) is 11.1 Å². The minimum absolute atomic E-state index is 0.115. The van der Waals surface area contributed by atoms with Gasteiger partial charge in [-0.25, -0.2) is 4.39 Å². The normalized spacial score (nSPS) is 12.3. The van der Waals surface area contributed by atoms with Crippen LogP contribution in [0.2, 0.25) is 0 Å². The quantitative estimate of drug-likeness (QED) is 0.333. The van der Waals surface area contributed by atoms with Crippen molar-refractivity contribution < 1.29 is 9.50 Å². The monoisotopic (exact) mass is 418 g/mol. The minimum Gasteiger partial charge on any atom is -0.507 e. The number of nitrogens with one attached hydrogen (secondary N) is 1. The number of phenols is 1. The van der Waals surface area contributed by atoms with E-state index in [0.717, 1.165) is 11.1 Å². The lowest BCUT2D eigenvalue weighted by atomic mass is 9.96. The van der Waals surface area contributed by atoms with Crippen LogP contribution in [0.5, 0.6) is 5.75 Å². The molecule has 0 radical (unpaired) electrons. The molecule has 5 nitrogen and oxygen atoms in total. The zero-order valence-electron chi connectivity index (χ0n) is 16.2. The number of halogens is 1. The van der Waals surface area contributed by atoms with Crippen LogP contribution in [0.3, 0.4) is 0 Å². The van der Waals surface area contributed by atoms with Crippen molar-refractivity contribution in [3.05, 3.63) is 100 Å². The van der Waals surface area contributed by atoms with E-state index in [-0.39, 0.29) is 17.5 Å². The van der Waals surface area contributed by atoms with Crippen LogP contribution in [0.15, 0.2) is 77.9 Å². The molecule has 30 heavy (non-hydrogen) atoms. The van der Waals surface area contributed by atoms with Crippen molar-refractivity contribution in [2.75, 3.05) is 0 Å². The molecule has 0 bridgehead atoms. The predicted octanol–water partition coefficient (Wildman–Crippen LogP) is 5.49. The lowest BCUT2D eigenvalue weighted by Crippen LogP contribution is -2.06. The molecule has 0 saturated heterocycles. The Morgan fingerprint density at radius 2 is 1.83 bits per heavy atom. The Kier molecular flexibility index (Phi) is 5.54. The highest BCUT2D eigenvalue weighted by Crippen LogP contribution is 2.29. The molecule has 0 amide bonds. The fourth-order valence-corrected chi connectivity index (χ4v) is 3.40. The maximum absolute atomic E-state index is 14.8. The molecule has 1 aromatic heterocycles. The first-order chi connectivity index (χ1) is 14.5. The summed E-state index contributed by atoms with van der Waals surface area (Å²) in [5.41, 5.74) is 2.67. The van der Waals surface area contributed by atoms with Gasteiger partial charge < -0.3 is 5.11 Å². The highest BCUT2D eigenvalue weighted by Gasteiger charge is 2.18. The van der Waals surface area contributed by atoms with Crippen molar-refractivity contribution >= 4 is 18.4 Å². The van der Waals surface area contributed by atoms with Gasteiger partial charge in [-0.1, -0.05) is 61.5 Å². The zero-order valence-corrected chi connectivity index (χ0v) is 17.0. The Bertz CT molecular complexity index is 1260. The SMILES string of the molecule is CC(c1ccc(-c2ccccc2)c(F)c1)c1n[nH]c(=S)n1N=Cc1ccccc1O. The average molecular weight is 418 g/mol. The Morgan fingerprint density at radius 3 is 2.57 bits per heavy atom. The van der Waals surface area contributed by atoms with Crippen LogP contribution in [-0.4, -0.2) is 26.2 Å². The number of rotatable bonds is 5. The van der Waals surface area contributed by atoms with Gasteiger partial charge in [0.2, 0.25) is 4.77 Å². The molecule has 0 spiro atoms. The molecule has 0 aliphatic carbocycles. The van der Waals surface area contributed by atoms with E-state index < -0.39 is 0 Å². The van der Waals surface area contributed by atoms with E-state index in [0.29, 0.717) is 21.7 Å². The number of phenolic OH excluding ortho intramolecular Hbond substituents is 1. The summed E-state index contributed by atoms with van der Waals surface area (Å²) in [5.74, 6) is 0.0886. The number of hydrogen-bond donors (Lipinski definition) is 2. The average Bonchev–Trinajstić information content (AvgIpc) is 3.13. The minimum atomic E-state index is -0.302. The number of para-hydroxylation sites is 1. The molecule has 7 heteroatoms. The number of H-pyrrole nitrogens is 1. The molecule has 1 atom stereocenters. The fourth-order valence-electron chi connectivity index (χ4n) is 3.21. The van der Waals surface area contributed by atoms with Gasteiger partial charge in [-0.3, -0.25) is 5.10 Å². The van der Waals surface area contributed by atoms with E-state index >= 15 is 0 Å². The number of benzene rings is 3. The van der Waals surface area contributed by atoms with Crippen molar-refractivity contribution in [1.29, 1.82) is 0 Å². The molecule has 3 aromatic carbocycles. The lowest BCUT2D eigenvalue weighted by Gasteiger charge is -2.13. The first kappa shape index (κ1) is 19.7. The summed E-state index contributed by atoms with van der Waals surface area (Å²) >= 11 is 5.30. The second kappa shape index (κ2) is 8.42. The van der Waals surface area contributed by atoms with Crippen LogP contribution in [0.1, 0.15) is 29.8 Å². The van der Waals surface area contributed by atoms with Gasteiger partial charge in [0.1, 0.15) is 11.6 Å². The van der Waals surface area contributed by atoms with E-state index in [4.69, 9.17) is 12.2 Å². The van der Waals surface area contributed by atoms with Crippen LogP contribution in [0.4, 0.5) is 4.39 Å². The molecule has 4 aromatic rings. The van der Waals surface area contributed by atoms with Crippen molar-refractivity contribution in [2.45, 2.75) is 12.8 Å². The third kappa shape index (κ3) is 3.92. The number of hydrogen-bond acceptors (Lipinski definition) is 4. The molecule has 2 N–H and O–H groups in total. The van der Waals surface area contributed by atoms with Crippen molar-refractivity contribution in [3.63, 3.8) is 0 Å². The topological polar surface area (TPSA) is 66.2 Å². The summed E-state index contributed by atoms with van der Waals surface area (Å²) in [7, 11) is 0. The van der Waals surface area contributed by atoms with Gasteiger partial charge >= 0.3 is 0 Å². The largest absolute Gasteiger partial charge is 0.507 e. The van der Waals surface area contributed by atoms with Crippen molar-refractivity contribution in [1.82, 2.24) is 14.9 Å². The Hall–Kier alpha value is -3.58. The Balaban J connectivity index is 1.66. The molecule has 0 aliphatic heterocycles. The van der Waals surface area contributed by atoms with Gasteiger partial charge in [0, 0.05) is 17.0 Å². The van der Waals surface area contributed by atoms with E-state index in [9.17, 15) is 9.50 Å². The summed E-state index contributed by atoms with van der Waals surface area (Å²) in [6.45, 7) is 1.91. The van der Waals surface area contributed by atoms with Gasteiger partial charge in [-0.15, -0.1) is 0 Å². The van der Waals surface area contributed by atoms with Crippen LogP contribution in [-0.2, 0) is 0 Å². The maximum atomic E-state index is 14.8. The van der Waals surface area contributed by atoms with Crippen molar-refractivity contribution in [2.24, 2.45) is 5.10 Å². The molecule has 0 aliphatic rings. The van der Waals surface area contributed by atoms with E-state index in [1.807, 2.05) is 43.3 Å². The summed E-state index contributed by atoms with van der Waals surface area (Å²) in [5, 5.41) is 21.3. The second-order valence-electron chi connectivity index (χ2n) is 6.83. The van der Waals surface area contributed by atoms with Gasteiger partial charge in [-0.05, 0) is 41.5 Å². The van der Waals surface area contributed by atoms with Gasteiger partial charge in [0.25, 0.3) is 0 Å². The number of nitrogens with zero attached hydrogens (tertiary/aromatic N) is 3. The smallest absolute Gasteiger partial charge is 0.216 e. The molecule has 1 unspecified atom stereocenters. The first-order valence-electron chi connectivity index (χ1n) is 9.39. The standard InChI is InChI=1S/C23H19FN4OS/c1-15(17-11-12-19(20(24)13-17)16-7-3-2-4-8-16)22-26-27-23(30)28(22)25-14-18-9-5-6-10-21(18)29/h2-15,29H,1H3,(H,27,30). The zero-order chi connectivity index (χ0) is 21.1. The van der Waals surface area contributed by atoms with E-state index in [1.165, 1.54) is 17.0 Å². The van der Waals surface area contributed by atoms with Gasteiger partial charge in [0.15, 0.2) is 5.82 Å². The van der Waals surface area contributed by atoms with E-state index in [1.54, 1.807) is 30.3 Å². The molecule has 4 rings (SSSR count). The van der Waals surface area contributed by atoms with Gasteiger partial charge in [-0.2, -0.15) is 14.9 Å². The number of aromatic nitrogens is 3. The molecule has 0 saturated carbocycles. The number of aromatic amines is 1. The summed E-state index contributed by atoms with van der Waals surface area (Å²) in [6.07, 6.45) is 1.51. The second-order valence-corrected chi connectivity index (χ2v) is 7.22. The third-order valence-electron chi connectivity index (χ3n) is 4.89. The Labute approximate surface area is 178 Å². The van der Waals surface area contributed by atoms with Crippen LogP contribution < -0.4 is 0 Å². The molecular weight excluding hydrogens is 399 g/mol. The lowest BCUT2D eigenvalue weighted by molar-refractivity contribution is 0.474. The van der Waals surface area contributed by atoms with E-state index in [2.05, 4.69) is 15.3 Å². The van der Waals surface area contributed by atoms with Crippen LogP contribution >= 0.6 is 12.2 Å². The predicted molar refractivity (Wildman–Crippen MR) is 118 cm³/mol. The maximum Gasteiger partial charge on any atom is 0.216 e. The molecule has 1 heterocycles. The first-order valence-corrected chi connectivity index (χ1v) is 9.80.